The molecule has 0 aromatic heterocycles. The molecule has 7 heteroatoms. The van der Waals surface area contributed by atoms with Crippen molar-refractivity contribution in [2.45, 2.75) is 83.1 Å². The summed E-state index contributed by atoms with van der Waals surface area (Å²) in [6, 6.07) is 20.7. The zero-order valence-electron chi connectivity index (χ0n) is 24.0. The quantitative estimate of drug-likeness (QED) is 0.255. The summed E-state index contributed by atoms with van der Waals surface area (Å²) >= 11 is 0. The van der Waals surface area contributed by atoms with E-state index in [4.69, 9.17) is 13.9 Å². The van der Waals surface area contributed by atoms with Crippen molar-refractivity contribution in [2.75, 3.05) is 13.7 Å². The molecule has 1 amide bonds. The van der Waals surface area contributed by atoms with Gasteiger partial charge < -0.3 is 13.9 Å². The fraction of sp³-hybridized carbons (Fsp3) is 0.484. The summed E-state index contributed by atoms with van der Waals surface area (Å²) in [5.74, 6) is -0.459. The van der Waals surface area contributed by atoms with E-state index in [1.54, 1.807) is 6.08 Å². The van der Waals surface area contributed by atoms with Crippen molar-refractivity contribution in [2.24, 2.45) is 0 Å². The number of rotatable bonds is 8. The Bertz CT molecular complexity index is 1070. The summed E-state index contributed by atoms with van der Waals surface area (Å²) in [6.07, 6.45) is 2.05. The molecule has 1 saturated heterocycles. The lowest BCUT2D eigenvalue weighted by Crippen LogP contribution is -2.67. The van der Waals surface area contributed by atoms with Crippen LogP contribution in [0.5, 0.6) is 0 Å². The van der Waals surface area contributed by atoms with Gasteiger partial charge in [0, 0.05) is 6.42 Å². The van der Waals surface area contributed by atoms with Gasteiger partial charge in [0.15, 0.2) is 0 Å². The standard InChI is InChI=1S/C31H43NO5Si/c1-9-10-21-31(27(33)35-8)22-24(23-32(31)28(34)36-29(2,3)4)37-38(30(5,6)7,25-17-13-11-14-18-25)26-19-15-12-16-20-26/h9,11-20,24H,1,10,21-23H2,2-8H3/t24-,31+/m1/s1. The Balaban J connectivity index is 2.16. The zero-order valence-corrected chi connectivity index (χ0v) is 25.0. The van der Waals surface area contributed by atoms with E-state index in [9.17, 15) is 9.59 Å². The highest BCUT2D eigenvalue weighted by atomic mass is 28.4. The van der Waals surface area contributed by atoms with Gasteiger partial charge in [0.2, 0.25) is 0 Å². The normalized spacial score (nSPS) is 20.2. The van der Waals surface area contributed by atoms with Crippen molar-refractivity contribution < 1.29 is 23.5 Å². The van der Waals surface area contributed by atoms with E-state index in [-0.39, 0.29) is 11.6 Å². The number of likely N-dealkylation sites (tertiary alicyclic amines) is 1. The molecule has 1 heterocycles. The van der Waals surface area contributed by atoms with Crippen LogP contribution in [0.25, 0.3) is 0 Å². The average Bonchev–Trinajstić information content (AvgIpc) is 3.24. The van der Waals surface area contributed by atoms with Crippen LogP contribution < -0.4 is 10.4 Å². The maximum absolute atomic E-state index is 13.5. The molecule has 2 atom stereocenters. The molecule has 1 aliphatic heterocycles. The van der Waals surface area contributed by atoms with Crippen LogP contribution in [0.2, 0.25) is 5.04 Å². The largest absolute Gasteiger partial charge is 0.467 e. The first kappa shape index (κ1) is 29.6. The summed E-state index contributed by atoms with van der Waals surface area (Å²) in [5, 5.41) is 2.04. The summed E-state index contributed by atoms with van der Waals surface area (Å²) in [7, 11) is -1.55. The average molecular weight is 538 g/mol. The molecule has 1 aliphatic rings. The molecule has 0 N–H and O–H groups in total. The summed E-state index contributed by atoms with van der Waals surface area (Å²) in [5.41, 5.74) is -1.92. The van der Waals surface area contributed by atoms with Gasteiger partial charge in [-0.05, 0) is 49.0 Å². The van der Waals surface area contributed by atoms with Crippen molar-refractivity contribution in [3.05, 3.63) is 73.3 Å². The van der Waals surface area contributed by atoms with Gasteiger partial charge in [-0.2, -0.15) is 0 Å². The highest BCUT2D eigenvalue weighted by molar-refractivity contribution is 6.99. The number of hydrogen-bond acceptors (Lipinski definition) is 5. The molecule has 1 fully saturated rings. The van der Waals surface area contributed by atoms with Crippen molar-refractivity contribution in [1.29, 1.82) is 0 Å². The molecule has 3 rings (SSSR count). The molecule has 0 aliphatic carbocycles. The molecule has 0 spiro atoms. The fourth-order valence-electron chi connectivity index (χ4n) is 5.58. The van der Waals surface area contributed by atoms with Gasteiger partial charge in [0.1, 0.15) is 11.1 Å². The van der Waals surface area contributed by atoms with Crippen molar-refractivity contribution >= 4 is 30.8 Å². The number of methoxy groups -OCH3 is 1. The Kier molecular flexibility index (Phi) is 8.94. The van der Waals surface area contributed by atoms with E-state index in [2.05, 4.69) is 51.6 Å². The van der Waals surface area contributed by atoms with Crippen LogP contribution in [0.4, 0.5) is 4.79 Å². The fourth-order valence-corrected chi connectivity index (χ4v) is 10.3. The van der Waals surface area contributed by atoms with E-state index in [0.717, 1.165) is 10.4 Å². The van der Waals surface area contributed by atoms with E-state index < -0.39 is 37.6 Å². The molecule has 0 saturated carbocycles. The summed E-state index contributed by atoms with van der Waals surface area (Å²) in [6.45, 7) is 16.2. The Hall–Kier alpha value is -2.90. The lowest BCUT2D eigenvalue weighted by Gasteiger charge is -2.44. The molecule has 2 aromatic rings. The van der Waals surface area contributed by atoms with E-state index in [1.807, 2.05) is 57.2 Å². The van der Waals surface area contributed by atoms with Gasteiger partial charge >= 0.3 is 12.1 Å². The smallest absolute Gasteiger partial charge is 0.411 e. The monoisotopic (exact) mass is 537 g/mol. The Morgan fingerprint density at radius 3 is 1.95 bits per heavy atom. The third-order valence-corrected chi connectivity index (χ3v) is 12.3. The molecular weight excluding hydrogens is 494 g/mol. The molecule has 0 bridgehead atoms. The van der Waals surface area contributed by atoms with Crippen LogP contribution in [0.1, 0.15) is 60.8 Å². The van der Waals surface area contributed by atoms with Gasteiger partial charge in [-0.1, -0.05) is 87.5 Å². The predicted molar refractivity (Wildman–Crippen MR) is 154 cm³/mol. The topological polar surface area (TPSA) is 65.1 Å². The lowest BCUT2D eigenvalue weighted by molar-refractivity contribution is -0.153. The number of allylic oxidation sites excluding steroid dienone is 1. The highest BCUT2D eigenvalue weighted by Crippen LogP contribution is 2.43. The zero-order chi connectivity index (χ0) is 28.2. The second-order valence-electron chi connectivity index (χ2n) is 12.0. The lowest BCUT2D eigenvalue weighted by atomic mass is 9.90. The van der Waals surface area contributed by atoms with Crippen molar-refractivity contribution in [1.82, 2.24) is 4.90 Å². The second-order valence-corrected chi connectivity index (χ2v) is 16.3. The van der Waals surface area contributed by atoms with Crippen LogP contribution in [0.3, 0.4) is 0 Å². The van der Waals surface area contributed by atoms with Gasteiger partial charge in [-0.25, -0.2) is 9.59 Å². The van der Waals surface area contributed by atoms with Crippen LogP contribution >= 0.6 is 0 Å². The SMILES string of the molecule is C=CCC[C@@]1(C(=O)OC)C[C@@H](O[Si](c2ccccc2)(c2ccccc2)C(C)(C)C)CN1C(=O)OC(C)(C)C. The summed E-state index contributed by atoms with van der Waals surface area (Å²) in [4.78, 5) is 28.5. The van der Waals surface area contributed by atoms with Gasteiger partial charge in [0.05, 0.1) is 19.8 Å². The minimum atomic E-state index is -2.92. The molecule has 206 valence electrons. The third-order valence-electron chi connectivity index (χ3n) is 7.17. The first-order chi connectivity index (χ1) is 17.8. The number of benzene rings is 2. The van der Waals surface area contributed by atoms with Crippen LogP contribution in [-0.4, -0.2) is 56.2 Å². The molecule has 0 radical (unpaired) electrons. The number of hydrogen-bond donors (Lipinski definition) is 0. The van der Waals surface area contributed by atoms with E-state index >= 15 is 0 Å². The minimum absolute atomic E-state index is 0.228. The maximum Gasteiger partial charge on any atom is 0.411 e. The number of carbonyl (C=O) groups excluding carboxylic acids is 2. The van der Waals surface area contributed by atoms with Crippen molar-refractivity contribution in [3.8, 4) is 0 Å². The molecule has 2 aromatic carbocycles. The Labute approximate surface area is 229 Å². The van der Waals surface area contributed by atoms with Crippen LogP contribution in [0.15, 0.2) is 73.3 Å². The highest BCUT2D eigenvalue weighted by Gasteiger charge is 2.59. The third kappa shape index (κ3) is 5.89. The van der Waals surface area contributed by atoms with Crippen LogP contribution in [-0.2, 0) is 18.7 Å². The van der Waals surface area contributed by atoms with Crippen LogP contribution in [0, 0.1) is 0 Å². The molecule has 6 nitrogen and oxygen atoms in total. The van der Waals surface area contributed by atoms with Gasteiger partial charge in [-0.15, -0.1) is 6.58 Å². The summed E-state index contributed by atoms with van der Waals surface area (Å²) < 4.78 is 18.4. The predicted octanol–water partition coefficient (Wildman–Crippen LogP) is 5.45. The number of ether oxygens (including phenoxy) is 2. The molecule has 38 heavy (non-hydrogen) atoms. The Morgan fingerprint density at radius 2 is 1.53 bits per heavy atom. The van der Waals surface area contributed by atoms with E-state index in [1.165, 1.54) is 12.0 Å². The number of carbonyl (C=O) groups is 2. The number of nitrogens with zero attached hydrogens (tertiary/aromatic N) is 1. The molecular formula is C31H43NO5Si. The maximum atomic E-state index is 13.5. The first-order valence-corrected chi connectivity index (χ1v) is 15.2. The number of esters is 1. The van der Waals surface area contributed by atoms with Gasteiger partial charge in [0.25, 0.3) is 8.32 Å². The Morgan fingerprint density at radius 1 is 1.00 bits per heavy atom. The van der Waals surface area contributed by atoms with Gasteiger partial charge in [-0.3, -0.25) is 4.90 Å². The minimum Gasteiger partial charge on any atom is -0.467 e. The second kappa shape index (κ2) is 11.5. The van der Waals surface area contributed by atoms with Crippen molar-refractivity contribution in [3.63, 3.8) is 0 Å². The van der Waals surface area contributed by atoms with E-state index in [0.29, 0.717) is 19.3 Å². The first-order valence-electron chi connectivity index (χ1n) is 13.3. The molecule has 0 unspecified atom stereocenters. The number of amides is 1.